The molecule has 26 heavy (non-hydrogen) atoms. The molecule has 3 N–H and O–H groups in total. The summed E-state index contributed by atoms with van der Waals surface area (Å²) < 4.78 is 10.6. The van der Waals surface area contributed by atoms with Crippen molar-refractivity contribution in [1.29, 1.82) is 0 Å². The highest BCUT2D eigenvalue weighted by Crippen LogP contribution is 2.22. The van der Waals surface area contributed by atoms with E-state index in [2.05, 4.69) is 10.6 Å². The standard InChI is InChI=1S/C17H18N2O7/c1-9-5-16(23)26-13-6-11(3-4-12(9)13)25-10(2)17(24)19-7-14(20)18-8-15(21)22/h3-6,10H,7-8H2,1-2H3,(H,18,20)(H,19,24)(H,21,22)/t10-/m1/s1. The Labute approximate surface area is 147 Å². The lowest BCUT2D eigenvalue weighted by Crippen LogP contribution is -2.43. The number of ether oxygens (including phenoxy) is 1. The van der Waals surface area contributed by atoms with Gasteiger partial charge < -0.3 is 24.9 Å². The third-order valence-electron chi connectivity index (χ3n) is 3.46. The number of carboxylic acid groups (broad SMARTS) is 1. The topological polar surface area (TPSA) is 135 Å². The summed E-state index contributed by atoms with van der Waals surface area (Å²) in [4.78, 5) is 45.1. The van der Waals surface area contributed by atoms with E-state index in [0.29, 0.717) is 11.3 Å². The van der Waals surface area contributed by atoms with E-state index in [0.717, 1.165) is 10.9 Å². The first-order valence-corrected chi connectivity index (χ1v) is 7.73. The Morgan fingerprint density at radius 3 is 2.62 bits per heavy atom. The van der Waals surface area contributed by atoms with Gasteiger partial charge in [0.15, 0.2) is 6.10 Å². The zero-order chi connectivity index (χ0) is 19.3. The molecule has 9 heteroatoms. The van der Waals surface area contributed by atoms with E-state index < -0.39 is 36.1 Å². The Morgan fingerprint density at radius 2 is 1.92 bits per heavy atom. The molecule has 2 aromatic rings. The average Bonchev–Trinajstić information content (AvgIpc) is 2.57. The van der Waals surface area contributed by atoms with Gasteiger partial charge in [-0.3, -0.25) is 14.4 Å². The monoisotopic (exact) mass is 362 g/mol. The summed E-state index contributed by atoms with van der Waals surface area (Å²) in [6.07, 6.45) is -0.920. The number of carbonyl (C=O) groups excluding carboxylic acids is 2. The van der Waals surface area contributed by atoms with Crippen LogP contribution in [-0.4, -0.2) is 42.1 Å². The van der Waals surface area contributed by atoms with E-state index in [1.165, 1.54) is 19.1 Å². The molecule has 1 aromatic carbocycles. The number of hydrogen-bond donors (Lipinski definition) is 3. The van der Waals surface area contributed by atoms with Gasteiger partial charge in [0.2, 0.25) is 5.91 Å². The Balaban J connectivity index is 1.96. The molecule has 0 radical (unpaired) electrons. The fourth-order valence-electron chi connectivity index (χ4n) is 2.18. The molecule has 9 nitrogen and oxygen atoms in total. The Morgan fingerprint density at radius 1 is 1.19 bits per heavy atom. The van der Waals surface area contributed by atoms with Crippen LogP contribution < -0.4 is 21.0 Å². The molecule has 2 amide bonds. The summed E-state index contributed by atoms with van der Waals surface area (Å²) in [7, 11) is 0. The van der Waals surface area contributed by atoms with Gasteiger partial charge in [-0.1, -0.05) is 0 Å². The molecule has 0 unspecified atom stereocenters. The maximum atomic E-state index is 12.0. The van der Waals surface area contributed by atoms with Crippen LogP contribution in [0.25, 0.3) is 11.0 Å². The number of rotatable bonds is 7. The molecule has 2 rings (SSSR count). The second-order valence-corrected chi connectivity index (χ2v) is 5.55. The smallest absolute Gasteiger partial charge is 0.336 e. The third kappa shape index (κ3) is 5.07. The van der Waals surface area contributed by atoms with Crippen LogP contribution in [0.2, 0.25) is 0 Å². The van der Waals surface area contributed by atoms with Gasteiger partial charge >= 0.3 is 11.6 Å². The summed E-state index contributed by atoms with van der Waals surface area (Å²) in [6.45, 7) is 2.38. The molecule has 138 valence electrons. The van der Waals surface area contributed by atoms with E-state index in [4.69, 9.17) is 14.3 Å². The summed E-state index contributed by atoms with van der Waals surface area (Å²) >= 11 is 0. The van der Waals surface area contributed by atoms with Crippen LogP contribution in [0.3, 0.4) is 0 Å². The van der Waals surface area contributed by atoms with Crippen molar-refractivity contribution < 1.29 is 28.6 Å². The quantitative estimate of drug-likeness (QED) is 0.598. The first-order chi connectivity index (χ1) is 12.3. The molecule has 1 atom stereocenters. The van der Waals surface area contributed by atoms with Gasteiger partial charge in [0.1, 0.15) is 17.9 Å². The maximum absolute atomic E-state index is 12.0. The van der Waals surface area contributed by atoms with Gasteiger partial charge in [0.25, 0.3) is 5.91 Å². The van der Waals surface area contributed by atoms with Gasteiger partial charge in [-0.15, -0.1) is 0 Å². The fraction of sp³-hybridized carbons (Fsp3) is 0.294. The highest BCUT2D eigenvalue weighted by molar-refractivity contribution is 5.88. The molecule has 0 aliphatic carbocycles. The van der Waals surface area contributed by atoms with Crippen molar-refractivity contribution in [3.05, 3.63) is 40.2 Å². The number of aryl methyl sites for hydroxylation is 1. The fourth-order valence-corrected chi connectivity index (χ4v) is 2.18. The van der Waals surface area contributed by atoms with Gasteiger partial charge in [-0.25, -0.2) is 4.79 Å². The van der Waals surface area contributed by atoms with Crippen LogP contribution in [0.5, 0.6) is 5.75 Å². The number of nitrogens with one attached hydrogen (secondary N) is 2. The summed E-state index contributed by atoms with van der Waals surface area (Å²) in [5, 5.41) is 13.7. The zero-order valence-electron chi connectivity index (χ0n) is 14.2. The van der Waals surface area contributed by atoms with Crippen LogP contribution >= 0.6 is 0 Å². The van der Waals surface area contributed by atoms with Gasteiger partial charge in [0, 0.05) is 17.5 Å². The van der Waals surface area contributed by atoms with Crippen molar-refractivity contribution in [2.75, 3.05) is 13.1 Å². The van der Waals surface area contributed by atoms with Crippen molar-refractivity contribution >= 4 is 28.8 Å². The van der Waals surface area contributed by atoms with Gasteiger partial charge in [-0.05, 0) is 31.5 Å². The van der Waals surface area contributed by atoms with E-state index in [-0.39, 0.29) is 6.54 Å². The van der Waals surface area contributed by atoms with Crippen LogP contribution in [0.15, 0.2) is 33.5 Å². The molecule has 0 fully saturated rings. The van der Waals surface area contributed by atoms with Crippen LogP contribution in [-0.2, 0) is 14.4 Å². The lowest BCUT2D eigenvalue weighted by atomic mass is 10.1. The summed E-state index contributed by atoms with van der Waals surface area (Å²) in [6, 6.07) is 6.24. The third-order valence-corrected chi connectivity index (χ3v) is 3.46. The molecule has 1 aromatic heterocycles. The highest BCUT2D eigenvalue weighted by atomic mass is 16.5. The van der Waals surface area contributed by atoms with E-state index >= 15 is 0 Å². The second-order valence-electron chi connectivity index (χ2n) is 5.55. The first kappa shape index (κ1) is 19.0. The predicted molar refractivity (Wildman–Crippen MR) is 91.0 cm³/mol. The zero-order valence-corrected chi connectivity index (χ0v) is 14.2. The molecule has 0 spiro atoms. The van der Waals surface area contributed by atoms with Crippen molar-refractivity contribution in [3.63, 3.8) is 0 Å². The number of hydrogen-bond acceptors (Lipinski definition) is 6. The minimum absolute atomic E-state index is 0.323. The lowest BCUT2D eigenvalue weighted by Gasteiger charge is -2.15. The summed E-state index contributed by atoms with van der Waals surface area (Å²) in [5.74, 6) is -2.04. The first-order valence-electron chi connectivity index (χ1n) is 7.73. The van der Waals surface area contributed by atoms with E-state index in [1.54, 1.807) is 19.1 Å². The Hall–Kier alpha value is -3.36. The van der Waals surface area contributed by atoms with Crippen LogP contribution in [0.1, 0.15) is 12.5 Å². The number of carboxylic acids is 1. The largest absolute Gasteiger partial charge is 0.481 e. The molecule has 0 saturated carbocycles. The Bertz CT molecular complexity index is 904. The molecular formula is C17H18N2O7. The number of carbonyl (C=O) groups is 3. The minimum atomic E-state index is -1.18. The number of aliphatic carboxylic acids is 1. The van der Waals surface area contributed by atoms with Crippen molar-refractivity contribution in [2.24, 2.45) is 0 Å². The van der Waals surface area contributed by atoms with E-state index in [9.17, 15) is 19.2 Å². The van der Waals surface area contributed by atoms with Crippen molar-refractivity contribution in [1.82, 2.24) is 10.6 Å². The summed E-state index contributed by atoms with van der Waals surface area (Å²) in [5.41, 5.74) is 0.624. The van der Waals surface area contributed by atoms with Crippen LogP contribution in [0.4, 0.5) is 0 Å². The molecule has 0 saturated heterocycles. The average molecular weight is 362 g/mol. The van der Waals surface area contributed by atoms with Crippen molar-refractivity contribution in [3.8, 4) is 5.75 Å². The van der Waals surface area contributed by atoms with Gasteiger partial charge in [-0.2, -0.15) is 0 Å². The van der Waals surface area contributed by atoms with Gasteiger partial charge in [0.05, 0.1) is 6.54 Å². The molecule has 0 aliphatic rings. The molecule has 1 heterocycles. The van der Waals surface area contributed by atoms with Crippen molar-refractivity contribution in [2.45, 2.75) is 20.0 Å². The lowest BCUT2D eigenvalue weighted by molar-refractivity contribution is -0.137. The maximum Gasteiger partial charge on any atom is 0.336 e. The molecule has 0 aliphatic heterocycles. The van der Waals surface area contributed by atoms with E-state index in [1.807, 2.05) is 0 Å². The number of benzene rings is 1. The predicted octanol–water partition coefficient (Wildman–Crippen LogP) is 0.186. The second kappa shape index (κ2) is 8.15. The molecule has 0 bridgehead atoms. The number of amides is 2. The van der Waals surface area contributed by atoms with Crippen LogP contribution in [0, 0.1) is 6.92 Å². The number of fused-ring (bicyclic) bond motifs is 1. The normalized spacial score (nSPS) is 11.6. The molecular weight excluding hydrogens is 344 g/mol. The SMILES string of the molecule is Cc1cc(=O)oc2cc(O[C@H](C)C(=O)NCC(=O)NCC(=O)O)ccc12. The minimum Gasteiger partial charge on any atom is -0.481 e. The Kier molecular flexibility index (Phi) is 5.94. The highest BCUT2D eigenvalue weighted by Gasteiger charge is 2.16.